The maximum absolute atomic E-state index is 11.4. The molecule has 0 aliphatic rings. The van der Waals surface area contributed by atoms with E-state index < -0.39 is 17.4 Å². The minimum atomic E-state index is -1.55. The van der Waals surface area contributed by atoms with Crippen molar-refractivity contribution >= 4 is 51.7 Å². The van der Waals surface area contributed by atoms with Crippen LogP contribution in [0.25, 0.3) is 5.69 Å². The molecule has 0 atom stereocenters. The van der Waals surface area contributed by atoms with Crippen LogP contribution in [0.2, 0.25) is 0 Å². The number of aromatic nitrogens is 4. The summed E-state index contributed by atoms with van der Waals surface area (Å²) in [7, 11) is 0. The zero-order chi connectivity index (χ0) is 23.6. The van der Waals surface area contributed by atoms with Gasteiger partial charge in [0, 0.05) is 5.41 Å². The van der Waals surface area contributed by atoms with Crippen molar-refractivity contribution in [1.82, 2.24) is 20.0 Å². The van der Waals surface area contributed by atoms with Crippen molar-refractivity contribution in [2.75, 3.05) is 11.5 Å². The Balaban J connectivity index is 0.00000289. The number of hydrogen-bond acceptors (Lipinski definition) is 12. The van der Waals surface area contributed by atoms with E-state index in [9.17, 15) is 19.8 Å². The largest absolute Gasteiger partial charge is 1.00 e. The molecule has 168 valence electrons. The fourth-order valence-electron chi connectivity index (χ4n) is 2.71. The van der Waals surface area contributed by atoms with Gasteiger partial charge >= 0.3 is 103 Å². The average molecular weight is 552 g/mol. The van der Waals surface area contributed by atoms with Crippen LogP contribution in [-0.4, -0.2) is 37.7 Å². The minimum absolute atomic E-state index is 0. The van der Waals surface area contributed by atoms with Gasteiger partial charge in [-0.05, 0) is 35.1 Å². The SMILES string of the molecule is CCSc1nnc(N=Nc2c(C(C)(C)C)nn(-c3cc(C(=O)[O-])cc(C(=O)[O-])c3)c2N)s1.[K+].[K+]. The summed E-state index contributed by atoms with van der Waals surface area (Å²) in [4.78, 5) is 22.7. The third-order valence-electron chi connectivity index (χ3n) is 4.14. The van der Waals surface area contributed by atoms with Crippen molar-refractivity contribution in [3.8, 4) is 5.69 Å². The third-order valence-corrected chi connectivity index (χ3v) is 5.96. The number of azo groups is 1. The Morgan fingerprint density at radius 2 is 1.68 bits per heavy atom. The van der Waals surface area contributed by atoms with E-state index in [2.05, 4.69) is 25.5 Å². The Labute approximate surface area is 289 Å². The fraction of sp³-hybridized carbons (Fsp3) is 0.316. The second-order valence-electron chi connectivity index (χ2n) is 7.57. The first-order valence-corrected chi connectivity index (χ1v) is 11.2. The van der Waals surface area contributed by atoms with Crippen LogP contribution in [0.3, 0.4) is 0 Å². The number of thioether (sulfide) groups is 1. The van der Waals surface area contributed by atoms with E-state index in [1.54, 1.807) is 0 Å². The normalized spacial score (nSPS) is 11.2. The predicted molar refractivity (Wildman–Crippen MR) is 116 cm³/mol. The Morgan fingerprint density at radius 3 is 2.18 bits per heavy atom. The number of nitrogens with two attached hydrogens (primary N) is 1. The molecular weight excluding hydrogens is 533 g/mol. The number of carbonyl (C=O) groups excluding carboxylic acids is 2. The van der Waals surface area contributed by atoms with Gasteiger partial charge in [0.05, 0.1) is 23.3 Å². The van der Waals surface area contributed by atoms with E-state index in [1.165, 1.54) is 39.9 Å². The van der Waals surface area contributed by atoms with Crippen molar-refractivity contribution in [2.45, 2.75) is 37.4 Å². The molecule has 2 aromatic heterocycles. The second kappa shape index (κ2) is 13.5. The summed E-state index contributed by atoms with van der Waals surface area (Å²) in [5.41, 5.74) is 5.90. The van der Waals surface area contributed by atoms with Crippen molar-refractivity contribution in [3.63, 3.8) is 0 Å². The molecule has 34 heavy (non-hydrogen) atoms. The molecule has 0 saturated carbocycles. The zero-order valence-corrected chi connectivity index (χ0v) is 27.5. The number of nitrogens with zero attached hydrogens (tertiary/aromatic N) is 6. The van der Waals surface area contributed by atoms with Gasteiger partial charge < -0.3 is 25.5 Å². The number of benzene rings is 1. The summed E-state index contributed by atoms with van der Waals surface area (Å²) in [6, 6.07) is 3.36. The van der Waals surface area contributed by atoms with Crippen LogP contribution in [0, 0.1) is 0 Å². The van der Waals surface area contributed by atoms with Gasteiger partial charge in [0.2, 0.25) is 0 Å². The van der Waals surface area contributed by atoms with Crippen LogP contribution in [0.5, 0.6) is 0 Å². The Kier molecular flexibility index (Phi) is 12.7. The van der Waals surface area contributed by atoms with E-state index in [1.807, 2.05) is 27.7 Å². The summed E-state index contributed by atoms with van der Waals surface area (Å²) in [6.45, 7) is 7.68. The quantitative estimate of drug-likeness (QED) is 0.174. The monoisotopic (exact) mass is 551 g/mol. The number of nitrogen functional groups attached to an aromatic ring is 1. The Bertz CT molecular complexity index is 1190. The maximum atomic E-state index is 11.4. The van der Waals surface area contributed by atoms with Crippen molar-refractivity contribution in [3.05, 3.63) is 35.0 Å². The van der Waals surface area contributed by atoms with Crippen LogP contribution in [0.1, 0.15) is 54.1 Å². The van der Waals surface area contributed by atoms with Gasteiger partial charge in [-0.15, -0.1) is 20.4 Å². The number of carbonyl (C=O) groups is 2. The van der Waals surface area contributed by atoms with Crippen LogP contribution in [0.4, 0.5) is 16.6 Å². The summed E-state index contributed by atoms with van der Waals surface area (Å²) < 4.78 is 1.97. The van der Waals surface area contributed by atoms with Gasteiger partial charge in [-0.3, -0.25) is 0 Å². The third kappa shape index (κ3) is 7.72. The summed E-state index contributed by atoms with van der Waals surface area (Å²) in [6.07, 6.45) is 0. The van der Waals surface area contributed by atoms with E-state index in [0.717, 1.165) is 16.2 Å². The average Bonchev–Trinajstić information content (AvgIpc) is 3.30. The molecule has 2 heterocycles. The Hall–Kier alpha value is -0.0473. The summed E-state index contributed by atoms with van der Waals surface area (Å²) >= 11 is 2.81. The molecule has 0 aliphatic heterocycles. The number of aromatic carboxylic acids is 2. The van der Waals surface area contributed by atoms with E-state index in [-0.39, 0.29) is 131 Å². The number of hydrogen-bond donors (Lipinski definition) is 1. The molecule has 0 saturated heterocycles. The van der Waals surface area contributed by atoms with Gasteiger partial charge in [0.25, 0.3) is 5.13 Å². The van der Waals surface area contributed by atoms with Crippen LogP contribution < -0.4 is 119 Å². The molecule has 0 unspecified atom stereocenters. The van der Waals surface area contributed by atoms with E-state index >= 15 is 0 Å². The van der Waals surface area contributed by atoms with Crippen LogP contribution >= 0.6 is 23.1 Å². The van der Waals surface area contributed by atoms with Crippen molar-refractivity contribution in [1.29, 1.82) is 0 Å². The van der Waals surface area contributed by atoms with Crippen LogP contribution in [-0.2, 0) is 5.41 Å². The molecular formula is C19H19K2N7O4S2. The molecule has 0 amide bonds. The topological polar surface area (TPSA) is 175 Å². The Morgan fingerprint density at radius 1 is 1.09 bits per heavy atom. The van der Waals surface area contributed by atoms with Gasteiger partial charge in [-0.2, -0.15) is 5.10 Å². The maximum Gasteiger partial charge on any atom is 1.00 e. The number of anilines is 1. The van der Waals surface area contributed by atoms with E-state index in [0.29, 0.717) is 10.8 Å². The predicted octanol–water partition coefficient (Wildman–Crippen LogP) is -4.13. The molecule has 2 N–H and O–H groups in total. The molecule has 15 heteroatoms. The molecule has 0 spiro atoms. The number of carboxylic acids is 2. The molecule has 1 aromatic carbocycles. The molecule has 0 fully saturated rings. The van der Waals surface area contributed by atoms with E-state index in [4.69, 9.17) is 5.73 Å². The smallest absolute Gasteiger partial charge is 0.545 e. The molecule has 11 nitrogen and oxygen atoms in total. The van der Waals surface area contributed by atoms with Gasteiger partial charge in [0.15, 0.2) is 15.8 Å². The first-order chi connectivity index (χ1) is 15.0. The first kappa shape index (κ1) is 32.0. The van der Waals surface area contributed by atoms with Gasteiger partial charge in [-0.1, -0.05) is 50.8 Å². The second-order valence-corrected chi connectivity index (χ2v) is 10.0. The van der Waals surface area contributed by atoms with Crippen molar-refractivity contribution in [2.24, 2.45) is 10.2 Å². The van der Waals surface area contributed by atoms with Gasteiger partial charge in [-0.25, -0.2) is 4.68 Å². The molecule has 0 bridgehead atoms. The van der Waals surface area contributed by atoms with Crippen LogP contribution in [0.15, 0.2) is 32.8 Å². The number of carboxylic acid groups (broad SMARTS) is 2. The minimum Gasteiger partial charge on any atom is -0.545 e. The summed E-state index contributed by atoms with van der Waals surface area (Å²) in [5, 5.41) is 43.9. The first-order valence-electron chi connectivity index (χ1n) is 9.36. The van der Waals surface area contributed by atoms with Crippen molar-refractivity contribution < 1.29 is 123 Å². The fourth-order valence-corrected chi connectivity index (χ4v) is 4.27. The molecule has 0 radical (unpaired) electrons. The molecule has 0 aliphatic carbocycles. The standard InChI is InChI=1S/C19H21N7O4S2.2K/c1-5-31-18-24-23-17(32-18)22-21-12-13(19(2,3)4)25-26(14(12)20)11-7-9(15(27)28)6-10(8-11)16(29)30;;/h6-8H,5,20H2,1-4H3,(H,27,28)(H,29,30);;/q;2*+1/p-2. The molecule has 3 rings (SSSR count). The molecule has 3 aromatic rings. The zero-order valence-electron chi connectivity index (χ0n) is 19.6. The van der Waals surface area contributed by atoms with Gasteiger partial charge in [0.1, 0.15) is 0 Å². The number of rotatable bonds is 7. The summed E-state index contributed by atoms with van der Waals surface area (Å²) in [5.74, 6) is -2.20.